The van der Waals surface area contributed by atoms with E-state index in [9.17, 15) is 0 Å². The summed E-state index contributed by atoms with van der Waals surface area (Å²) in [6, 6.07) is 68.0. The third kappa shape index (κ3) is 5.46. The highest BCUT2D eigenvalue weighted by atomic mass is 15.1. The van der Waals surface area contributed by atoms with Crippen molar-refractivity contribution in [2.45, 2.75) is 76.0 Å². The molecule has 4 aliphatic rings. The molecule has 0 aliphatic heterocycles. The van der Waals surface area contributed by atoms with E-state index in [0.717, 1.165) is 19.3 Å². The monoisotopic (exact) mass is 785 g/mol. The summed E-state index contributed by atoms with van der Waals surface area (Å²) in [5, 5.41) is 0. The van der Waals surface area contributed by atoms with Crippen LogP contribution in [-0.4, -0.2) is 0 Å². The van der Waals surface area contributed by atoms with Gasteiger partial charge >= 0.3 is 0 Å². The van der Waals surface area contributed by atoms with Crippen LogP contribution in [0.5, 0.6) is 0 Å². The first kappa shape index (κ1) is 36.4. The van der Waals surface area contributed by atoms with Crippen LogP contribution in [0.2, 0.25) is 0 Å². The van der Waals surface area contributed by atoms with Gasteiger partial charge in [-0.3, -0.25) is 0 Å². The van der Waals surface area contributed by atoms with Crippen LogP contribution in [0.3, 0.4) is 0 Å². The van der Waals surface area contributed by atoms with Gasteiger partial charge < -0.3 is 4.90 Å². The number of nitrogens with zero attached hydrogens (tertiary/aromatic N) is 1. The summed E-state index contributed by atoms with van der Waals surface area (Å²) in [6.07, 6.45) is 9.54. The molecular weight excluding hydrogens is 735 g/mol. The molecule has 8 aromatic carbocycles. The topological polar surface area (TPSA) is 3.24 Å². The highest BCUT2D eigenvalue weighted by Crippen LogP contribution is 2.60. The number of fused-ring (bicyclic) bond motifs is 8. The molecule has 0 saturated carbocycles. The molecule has 296 valence electrons. The van der Waals surface area contributed by atoms with Crippen molar-refractivity contribution in [1.82, 2.24) is 0 Å². The SMILES string of the molecule is CC1(C)c2ccccc2-c2ccc(N(c3cc4c(cc3-c3ccc5c(c3)CCCC5)-c3ccccc3C4(c3ccccc3)c3ccccc3)c3cccc4c3CCCC4)cc21. The van der Waals surface area contributed by atoms with E-state index in [1.807, 2.05) is 0 Å². The van der Waals surface area contributed by atoms with Gasteiger partial charge in [0.25, 0.3) is 0 Å². The predicted octanol–water partition coefficient (Wildman–Crippen LogP) is 15.3. The fourth-order valence-corrected chi connectivity index (χ4v) is 12.0. The van der Waals surface area contributed by atoms with Crippen molar-refractivity contribution >= 4 is 17.1 Å². The molecule has 12 rings (SSSR count). The van der Waals surface area contributed by atoms with E-state index in [-0.39, 0.29) is 5.41 Å². The third-order valence-electron chi connectivity index (χ3n) is 14.9. The first-order valence-corrected chi connectivity index (χ1v) is 22.7. The maximum atomic E-state index is 2.68. The number of hydrogen-bond acceptors (Lipinski definition) is 1. The van der Waals surface area contributed by atoms with Gasteiger partial charge in [0, 0.05) is 22.4 Å². The third-order valence-corrected chi connectivity index (χ3v) is 14.9. The second-order valence-electron chi connectivity index (χ2n) is 18.5. The zero-order valence-corrected chi connectivity index (χ0v) is 35.3. The highest BCUT2D eigenvalue weighted by Gasteiger charge is 2.47. The lowest BCUT2D eigenvalue weighted by molar-refractivity contribution is 0.660. The Kier molecular flexibility index (Phi) is 8.40. The lowest BCUT2D eigenvalue weighted by Gasteiger charge is -2.36. The van der Waals surface area contributed by atoms with Crippen LogP contribution in [0.15, 0.2) is 176 Å². The van der Waals surface area contributed by atoms with Gasteiger partial charge in [-0.2, -0.15) is 0 Å². The van der Waals surface area contributed by atoms with Gasteiger partial charge in [0.2, 0.25) is 0 Å². The summed E-state index contributed by atoms with van der Waals surface area (Å²) >= 11 is 0. The zero-order valence-electron chi connectivity index (χ0n) is 35.3. The number of benzene rings is 8. The van der Waals surface area contributed by atoms with Crippen molar-refractivity contribution in [3.05, 3.63) is 232 Å². The summed E-state index contributed by atoms with van der Waals surface area (Å²) < 4.78 is 0. The Morgan fingerprint density at radius 1 is 0.377 bits per heavy atom. The molecule has 0 fully saturated rings. The molecule has 0 spiro atoms. The highest BCUT2D eigenvalue weighted by molar-refractivity contribution is 5.98. The second-order valence-corrected chi connectivity index (χ2v) is 18.5. The van der Waals surface area contributed by atoms with E-state index in [1.54, 1.807) is 0 Å². The summed E-state index contributed by atoms with van der Waals surface area (Å²) in [6.45, 7) is 4.82. The van der Waals surface area contributed by atoms with Gasteiger partial charge in [-0.15, -0.1) is 0 Å². The maximum absolute atomic E-state index is 2.68. The maximum Gasteiger partial charge on any atom is 0.0714 e. The van der Waals surface area contributed by atoms with Gasteiger partial charge in [-0.1, -0.05) is 159 Å². The van der Waals surface area contributed by atoms with E-state index in [1.165, 1.54) is 138 Å². The minimum atomic E-state index is -0.513. The van der Waals surface area contributed by atoms with Crippen LogP contribution in [0.1, 0.15) is 95.2 Å². The van der Waals surface area contributed by atoms with Crippen molar-refractivity contribution in [2.75, 3.05) is 4.90 Å². The number of aryl methyl sites for hydroxylation is 3. The Labute approximate surface area is 361 Å². The van der Waals surface area contributed by atoms with Crippen molar-refractivity contribution in [1.29, 1.82) is 0 Å². The van der Waals surface area contributed by atoms with E-state index in [4.69, 9.17) is 0 Å². The molecule has 0 aromatic heterocycles. The Bertz CT molecular complexity index is 2970. The van der Waals surface area contributed by atoms with E-state index in [0.29, 0.717) is 0 Å². The molecule has 1 nitrogen and oxygen atoms in total. The molecule has 0 atom stereocenters. The van der Waals surface area contributed by atoms with E-state index >= 15 is 0 Å². The largest absolute Gasteiger partial charge is 0.310 e. The quantitative estimate of drug-likeness (QED) is 0.162. The number of anilines is 3. The normalized spacial score (nSPS) is 16.1. The zero-order chi connectivity index (χ0) is 40.7. The summed E-state index contributed by atoms with van der Waals surface area (Å²) in [5.74, 6) is 0. The molecule has 0 saturated heterocycles. The molecular formula is C60H51N. The summed E-state index contributed by atoms with van der Waals surface area (Å²) in [7, 11) is 0. The summed E-state index contributed by atoms with van der Waals surface area (Å²) in [5.41, 5.74) is 25.2. The average Bonchev–Trinajstić information content (AvgIpc) is 3.74. The van der Waals surface area contributed by atoms with Crippen LogP contribution < -0.4 is 4.90 Å². The second kappa shape index (κ2) is 14.1. The fourth-order valence-electron chi connectivity index (χ4n) is 12.0. The number of hydrogen-bond donors (Lipinski definition) is 0. The van der Waals surface area contributed by atoms with Crippen molar-refractivity contribution in [2.24, 2.45) is 0 Å². The number of rotatable bonds is 6. The van der Waals surface area contributed by atoms with Crippen LogP contribution in [0.4, 0.5) is 17.1 Å². The summed E-state index contributed by atoms with van der Waals surface area (Å²) in [4.78, 5) is 2.68. The predicted molar refractivity (Wildman–Crippen MR) is 255 cm³/mol. The lowest BCUT2D eigenvalue weighted by atomic mass is 9.67. The molecule has 1 heteroatoms. The van der Waals surface area contributed by atoms with Gasteiger partial charge in [0.1, 0.15) is 0 Å². The van der Waals surface area contributed by atoms with E-state index in [2.05, 4.69) is 195 Å². The fraction of sp³-hybridized carbons (Fsp3) is 0.200. The van der Waals surface area contributed by atoms with E-state index < -0.39 is 5.41 Å². The molecule has 4 aliphatic carbocycles. The molecule has 0 bridgehead atoms. The molecule has 0 unspecified atom stereocenters. The Balaban J connectivity index is 1.21. The van der Waals surface area contributed by atoms with Crippen LogP contribution in [0, 0.1) is 0 Å². The van der Waals surface area contributed by atoms with Gasteiger partial charge in [0.15, 0.2) is 0 Å². The van der Waals surface area contributed by atoms with Crippen LogP contribution in [0.25, 0.3) is 33.4 Å². The standard InChI is InChI=1S/C60H51N/c1-59(2)53-29-15-13-27-48(53)50-35-34-46(37-55(50)59)61(57-31-17-21-41-19-11-12-26-47(41)57)58-39-56-52(38-51(58)43-33-32-40-18-9-10-20-42(40)36-43)49-28-14-16-30-54(49)60(56,44-22-5-3-6-23-44)45-24-7-4-8-25-45/h3-8,13-17,21-25,27-39H,9-12,18-20,26H2,1-2H3. The average molecular weight is 786 g/mol. The lowest BCUT2D eigenvalue weighted by Crippen LogP contribution is -2.29. The van der Waals surface area contributed by atoms with Crippen LogP contribution >= 0.6 is 0 Å². The van der Waals surface area contributed by atoms with Gasteiger partial charge in [0.05, 0.1) is 11.1 Å². The molecule has 0 radical (unpaired) electrons. The minimum absolute atomic E-state index is 0.125. The molecule has 0 heterocycles. The molecule has 0 N–H and O–H groups in total. The van der Waals surface area contributed by atoms with Gasteiger partial charge in [-0.05, 0) is 165 Å². The first-order valence-electron chi connectivity index (χ1n) is 22.7. The smallest absolute Gasteiger partial charge is 0.0714 e. The first-order chi connectivity index (χ1) is 30.0. The van der Waals surface area contributed by atoms with Gasteiger partial charge in [-0.25, -0.2) is 0 Å². The minimum Gasteiger partial charge on any atom is -0.310 e. The van der Waals surface area contributed by atoms with Crippen molar-refractivity contribution in [3.63, 3.8) is 0 Å². The Hall–Kier alpha value is -6.44. The Morgan fingerprint density at radius 3 is 1.75 bits per heavy atom. The van der Waals surface area contributed by atoms with Crippen LogP contribution in [-0.2, 0) is 36.5 Å². The molecule has 61 heavy (non-hydrogen) atoms. The van der Waals surface area contributed by atoms with Crippen molar-refractivity contribution in [3.8, 4) is 33.4 Å². The Morgan fingerprint density at radius 2 is 1.00 bits per heavy atom. The van der Waals surface area contributed by atoms with Crippen molar-refractivity contribution < 1.29 is 0 Å². The molecule has 0 amide bonds. The molecule has 8 aromatic rings.